The molecule has 1 heterocycles. The van der Waals surface area contributed by atoms with Crippen LogP contribution in [-0.2, 0) is 0 Å². The molecule has 0 radical (unpaired) electrons. The Kier molecular flexibility index (Phi) is 3.42. The number of nitrogens with zero attached hydrogens (tertiary/aromatic N) is 1. The van der Waals surface area contributed by atoms with Crippen LogP contribution in [0.4, 0.5) is 8.78 Å². The predicted molar refractivity (Wildman–Crippen MR) is 60.7 cm³/mol. The zero-order valence-electron chi connectivity index (χ0n) is 8.57. The van der Waals surface area contributed by atoms with Crippen molar-refractivity contribution in [2.45, 2.75) is 20.8 Å². The Morgan fingerprint density at radius 1 is 1.40 bits per heavy atom. The lowest BCUT2D eigenvalue weighted by Gasteiger charge is -2.17. The molecule has 0 unspecified atom stereocenters. The largest absolute Gasteiger partial charge is 0.293 e. The Bertz CT molecular complexity index is 389. The van der Waals surface area contributed by atoms with Gasteiger partial charge in [-0.2, -0.15) is 13.8 Å². The fraction of sp³-hybridized carbons (Fsp3) is 0.400. The van der Waals surface area contributed by atoms with Crippen molar-refractivity contribution in [2.24, 2.45) is 5.41 Å². The molecular formula is C10H10F2INO. The van der Waals surface area contributed by atoms with Gasteiger partial charge in [-0.3, -0.25) is 4.79 Å². The Morgan fingerprint density at radius 2 is 1.93 bits per heavy atom. The number of halogens is 3. The first kappa shape index (κ1) is 12.5. The smallest absolute Gasteiger partial charge is 0.227 e. The van der Waals surface area contributed by atoms with Gasteiger partial charge in [-0.1, -0.05) is 20.8 Å². The molecule has 0 bridgehead atoms. The molecule has 0 aliphatic heterocycles. The third-order valence-electron chi connectivity index (χ3n) is 1.80. The van der Waals surface area contributed by atoms with Crippen LogP contribution in [0.1, 0.15) is 31.1 Å². The van der Waals surface area contributed by atoms with Gasteiger partial charge in [-0.15, -0.1) is 0 Å². The number of carbonyl (C=O) groups excluding carboxylic acids is 1. The lowest BCUT2D eigenvalue weighted by atomic mass is 9.87. The van der Waals surface area contributed by atoms with E-state index in [0.717, 1.165) is 6.07 Å². The predicted octanol–water partition coefficient (Wildman–Crippen LogP) is 3.19. The normalized spacial score (nSPS) is 11.6. The molecule has 0 N–H and O–H groups in total. The van der Waals surface area contributed by atoms with Gasteiger partial charge < -0.3 is 0 Å². The van der Waals surface area contributed by atoms with Gasteiger partial charge in [0.05, 0.1) is 5.56 Å². The molecule has 1 aromatic heterocycles. The summed E-state index contributed by atoms with van der Waals surface area (Å²) >= 11 is 1.73. The summed E-state index contributed by atoms with van der Waals surface area (Å²) in [5, 5.41) is 0. The highest BCUT2D eigenvalue weighted by molar-refractivity contribution is 14.1. The number of Topliss-reactive ketones (excluding diaryl/α,β-unsaturated/α-hetero) is 1. The number of hydrogen-bond acceptors (Lipinski definition) is 2. The highest BCUT2D eigenvalue weighted by Gasteiger charge is 2.28. The number of carbonyl (C=O) groups is 1. The number of rotatable bonds is 1. The van der Waals surface area contributed by atoms with Gasteiger partial charge in [0.2, 0.25) is 11.9 Å². The summed E-state index contributed by atoms with van der Waals surface area (Å²) in [6, 6.07) is 1.04. The van der Waals surface area contributed by atoms with E-state index >= 15 is 0 Å². The summed E-state index contributed by atoms with van der Waals surface area (Å²) < 4.78 is 26.3. The second-order valence-corrected chi connectivity index (χ2v) is 5.33. The molecule has 0 spiro atoms. The van der Waals surface area contributed by atoms with Gasteiger partial charge in [-0.05, 0) is 22.6 Å². The molecule has 0 saturated carbocycles. The minimum atomic E-state index is -1.04. The average molecular weight is 325 g/mol. The molecule has 0 aliphatic carbocycles. The molecule has 0 fully saturated rings. The minimum absolute atomic E-state index is 0.135. The van der Waals surface area contributed by atoms with Crippen molar-refractivity contribution in [1.29, 1.82) is 0 Å². The summed E-state index contributed by atoms with van der Waals surface area (Å²) in [7, 11) is 0. The fourth-order valence-corrected chi connectivity index (χ4v) is 1.76. The molecule has 0 amide bonds. The zero-order chi connectivity index (χ0) is 11.8. The van der Waals surface area contributed by atoms with E-state index < -0.39 is 17.3 Å². The third-order valence-corrected chi connectivity index (χ3v) is 2.65. The van der Waals surface area contributed by atoms with Crippen molar-refractivity contribution in [2.75, 3.05) is 0 Å². The maximum atomic E-state index is 13.3. The van der Waals surface area contributed by atoms with Crippen LogP contribution in [-0.4, -0.2) is 10.8 Å². The Balaban J connectivity index is 3.33. The van der Waals surface area contributed by atoms with Crippen LogP contribution < -0.4 is 0 Å². The van der Waals surface area contributed by atoms with Crippen molar-refractivity contribution < 1.29 is 13.6 Å². The molecule has 1 aromatic rings. The van der Waals surface area contributed by atoms with Gasteiger partial charge in [0.1, 0.15) is 0 Å². The maximum absolute atomic E-state index is 13.3. The van der Waals surface area contributed by atoms with Crippen LogP contribution in [0.2, 0.25) is 0 Å². The van der Waals surface area contributed by atoms with Crippen LogP contribution in [0.25, 0.3) is 0 Å². The second-order valence-electron chi connectivity index (χ2n) is 4.17. The molecule has 15 heavy (non-hydrogen) atoms. The van der Waals surface area contributed by atoms with Crippen LogP contribution in [0.5, 0.6) is 0 Å². The van der Waals surface area contributed by atoms with Crippen molar-refractivity contribution >= 4 is 28.4 Å². The van der Waals surface area contributed by atoms with E-state index in [2.05, 4.69) is 4.98 Å². The molecule has 5 heteroatoms. The van der Waals surface area contributed by atoms with E-state index in [1.807, 2.05) is 0 Å². The topological polar surface area (TPSA) is 30.0 Å². The van der Waals surface area contributed by atoms with Gasteiger partial charge in [0.15, 0.2) is 5.78 Å². The van der Waals surface area contributed by atoms with Crippen molar-refractivity contribution in [3.05, 3.63) is 27.1 Å². The van der Waals surface area contributed by atoms with E-state index in [-0.39, 0.29) is 14.9 Å². The Morgan fingerprint density at radius 3 is 2.33 bits per heavy atom. The molecule has 0 aromatic carbocycles. The highest BCUT2D eigenvalue weighted by Crippen LogP contribution is 2.25. The number of aromatic nitrogens is 1. The highest BCUT2D eigenvalue weighted by atomic mass is 127. The van der Waals surface area contributed by atoms with Gasteiger partial charge >= 0.3 is 0 Å². The SMILES string of the molecule is CC(C)(C)C(=O)c1c(I)cc(F)nc1F. The average Bonchev–Trinajstić information content (AvgIpc) is 1.99. The quantitative estimate of drug-likeness (QED) is 0.451. The van der Waals surface area contributed by atoms with Crippen LogP contribution >= 0.6 is 22.6 Å². The molecule has 2 nitrogen and oxygen atoms in total. The summed E-state index contributed by atoms with van der Waals surface area (Å²) in [4.78, 5) is 14.8. The second kappa shape index (κ2) is 4.11. The summed E-state index contributed by atoms with van der Waals surface area (Å²) in [5.41, 5.74) is -0.843. The molecular weight excluding hydrogens is 315 g/mol. The van der Waals surface area contributed by atoms with E-state index in [1.54, 1.807) is 43.4 Å². The van der Waals surface area contributed by atoms with Crippen molar-refractivity contribution in [3.8, 4) is 0 Å². The molecule has 82 valence electrons. The first-order chi connectivity index (χ1) is 6.73. The lowest BCUT2D eigenvalue weighted by molar-refractivity contribution is 0.0851. The number of ketones is 1. The first-order valence-corrected chi connectivity index (χ1v) is 5.37. The van der Waals surface area contributed by atoms with E-state index in [4.69, 9.17) is 0 Å². The Labute approximate surface area is 100 Å². The van der Waals surface area contributed by atoms with Crippen LogP contribution in [0, 0.1) is 20.9 Å². The van der Waals surface area contributed by atoms with Crippen molar-refractivity contribution in [1.82, 2.24) is 4.98 Å². The molecule has 0 saturated heterocycles. The Hall–Kier alpha value is -0.590. The van der Waals surface area contributed by atoms with E-state index in [9.17, 15) is 13.6 Å². The number of hydrogen-bond donors (Lipinski definition) is 0. The van der Waals surface area contributed by atoms with Crippen LogP contribution in [0.15, 0.2) is 6.07 Å². The van der Waals surface area contributed by atoms with Crippen molar-refractivity contribution in [3.63, 3.8) is 0 Å². The number of pyridine rings is 1. The van der Waals surface area contributed by atoms with Gasteiger partial charge in [0, 0.05) is 15.1 Å². The summed E-state index contributed by atoms with van der Waals surface area (Å²) in [5.74, 6) is -2.33. The van der Waals surface area contributed by atoms with Gasteiger partial charge in [-0.25, -0.2) is 0 Å². The maximum Gasteiger partial charge on any atom is 0.227 e. The standard InChI is InChI=1S/C10H10F2INO/c1-10(2,3)8(15)7-5(13)4-6(11)14-9(7)12/h4H,1-3H3. The zero-order valence-corrected chi connectivity index (χ0v) is 10.7. The minimum Gasteiger partial charge on any atom is -0.293 e. The monoisotopic (exact) mass is 325 g/mol. The molecule has 0 atom stereocenters. The molecule has 1 rings (SSSR count). The summed E-state index contributed by atoms with van der Waals surface area (Å²) in [6.07, 6.45) is 0. The van der Waals surface area contributed by atoms with Gasteiger partial charge in [0.25, 0.3) is 0 Å². The third kappa shape index (κ3) is 2.70. The van der Waals surface area contributed by atoms with E-state index in [0.29, 0.717) is 0 Å². The summed E-state index contributed by atoms with van der Waals surface area (Å²) in [6.45, 7) is 5.02. The fourth-order valence-electron chi connectivity index (χ4n) is 1.03. The molecule has 0 aliphatic rings. The lowest BCUT2D eigenvalue weighted by Crippen LogP contribution is -2.23. The van der Waals surface area contributed by atoms with E-state index in [1.165, 1.54) is 0 Å². The first-order valence-electron chi connectivity index (χ1n) is 4.30. The van der Waals surface area contributed by atoms with Crippen LogP contribution in [0.3, 0.4) is 0 Å².